The van der Waals surface area contributed by atoms with E-state index in [0.29, 0.717) is 16.4 Å². The van der Waals surface area contributed by atoms with Crippen molar-refractivity contribution in [2.24, 2.45) is 0 Å². The summed E-state index contributed by atoms with van der Waals surface area (Å²) in [5, 5.41) is 14.7. The van der Waals surface area contributed by atoms with Crippen LogP contribution in [0, 0.1) is 0 Å². The quantitative estimate of drug-likeness (QED) is 0.873. The maximum Gasteiger partial charge on any atom is 0.243 e. The van der Waals surface area contributed by atoms with Crippen LogP contribution < -0.4 is 5.32 Å². The summed E-state index contributed by atoms with van der Waals surface area (Å²) in [5.41, 5.74) is 0.692. The Kier molecular flexibility index (Phi) is 3.34. The highest BCUT2D eigenvalue weighted by atomic mass is 35.5. The Hall–Kier alpha value is -1.95. The monoisotopic (exact) mass is 251 g/mol. The van der Waals surface area contributed by atoms with E-state index in [4.69, 9.17) is 11.6 Å². The molecule has 88 valence electrons. The highest BCUT2D eigenvalue weighted by Crippen LogP contribution is 2.23. The van der Waals surface area contributed by atoms with Gasteiger partial charge in [0.05, 0.1) is 5.02 Å². The van der Waals surface area contributed by atoms with Gasteiger partial charge in [0.15, 0.2) is 0 Å². The van der Waals surface area contributed by atoms with Crippen LogP contribution in [0.15, 0.2) is 24.3 Å². The summed E-state index contributed by atoms with van der Waals surface area (Å²) in [5.74, 6) is 0.215. The SMILES string of the molecule is CNC(=O)Cn1nnc(-c2ccccc2Cl)n1. The van der Waals surface area contributed by atoms with Gasteiger partial charge in [-0.2, -0.15) is 4.80 Å². The summed E-state index contributed by atoms with van der Waals surface area (Å²) in [6.07, 6.45) is 0. The highest BCUT2D eigenvalue weighted by Gasteiger charge is 2.10. The molecule has 0 spiro atoms. The van der Waals surface area contributed by atoms with Crippen LogP contribution in [0.25, 0.3) is 11.4 Å². The second-order valence-electron chi connectivity index (χ2n) is 3.30. The fourth-order valence-corrected chi connectivity index (χ4v) is 1.49. The van der Waals surface area contributed by atoms with E-state index >= 15 is 0 Å². The van der Waals surface area contributed by atoms with Crippen LogP contribution in [0.5, 0.6) is 0 Å². The van der Waals surface area contributed by atoms with Crippen molar-refractivity contribution < 1.29 is 4.79 Å². The number of amides is 1. The third-order valence-corrected chi connectivity index (χ3v) is 2.46. The second kappa shape index (κ2) is 4.92. The van der Waals surface area contributed by atoms with Gasteiger partial charge in [-0.05, 0) is 17.3 Å². The van der Waals surface area contributed by atoms with Gasteiger partial charge in [-0.25, -0.2) is 0 Å². The Morgan fingerprint density at radius 1 is 1.47 bits per heavy atom. The van der Waals surface area contributed by atoms with Crippen molar-refractivity contribution in [2.75, 3.05) is 7.05 Å². The number of benzene rings is 1. The molecular formula is C10H10ClN5O. The van der Waals surface area contributed by atoms with Crippen LogP contribution in [-0.4, -0.2) is 33.2 Å². The largest absolute Gasteiger partial charge is 0.358 e. The minimum Gasteiger partial charge on any atom is -0.358 e. The first-order chi connectivity index (χ1) is 8.20. The molecule has 1 heterocycles. The van der Waals surface area contributed by atoms with E-state index < -0.39 is 0 Å². The molecule has 0 unspecified atom stereocenters. The number of rotatable bonds is 3. The van der Waals surface area contributed by atoms with E-state index in [0.717, 1.165) is 0 Å². The normalized spacial score (nSPS) is 10.2. The van der Waals surface area contributed by atoms with Gasteiger partial charge in [0, 0.05) is 12.6 Å². The minimum atomic E-state index is -0.187. The molecule has 17 heavy (non-hydrogen) atoms. The summed E-state index contributed by atoms with van der Waals surface area (Å²) in [6.45, 7) is 0.0357. The molecule has 0 aliphatic heterocycles. The van der Waals surface area contributed by atoms with Crippen molar-refractivity contribution >= 4 is 17.5 Å². The number of carbonyl (C=O) groups is 1. The smallest absolute Gasteiger partial charge is 0.243 e. The van der Waals surface area contributed by atoms with E-state index in [1.807, 2.05) is 12.1 Å². The number of hydrogen-bond donors (Lipinski definition) is 1. The van der Waals surface area contributed by atoms with Gasteiger partial charge < -0.3 is 5.32 Å². The van der Waals surface area contributed by atoms with E-state index in [-0.39, 0.29) is 12.5 Å². The van der Waals surface area contributed by atoms with Crippen LogP contribution >= 0.6 is 11.6 Å². The lowest BCUT2D eigenvalue weighted by atomic mass is 10.2. The van der Waals surface area contributed by atoms with Gasteiger partial charge in [0.25, 0.3) is 0 Å². The molecule has 7 heteroatoms. The molecule has 2 aromatic rings. The molecular weight excluding hydrogens is 242 g/mol. The Morgan fingerprint density at radius 2 is 2.24 bits per heavy atom. The van der Waals surface area contributed by atoms with Gasteiger partial charge in [-0.1, -0.05) is 23.7 Å². The molecule has 0 aliphatic rings. The van der Waals surface area contributed by atoms with E-state index in [2.05, 4.69) is 20.7 Å². The molecule has 0 radical (unpaired) electrons. The third-order valence-electron chi connectivity index (χ3n) is 2.13. The average Bonchev–Trinajstić information content (AvgIpc) is 2.78. The van der Waals surface area contributed by atoms with Crippen molar-refractivity contribution in [3.8, 4) is 11.4 Å². The molecule has 1 N–H and O–H groups in total. The predicted molar refractivity (Wildman–Crippen MR) is 62.3 cm³/mol. The molecule has 0 atom stereocenters. The Bertz CT molecular complexity index is 539. The maximum absolute atomic E-state index is 11.1. The summed E-state index contributed by atoms with van der Waals surface area (Å²) >= 11 is 6.00. The second-order valence-corrected chi connectivity index (χ2v) is 3.70. The minimum absolute atomic E-state index is 0.0357. The van der Waals surface area contributed by atoms with Gasteiger partial charge in [0.1, 0.15) is 6.54 Å². The summed E-state index contributed by atoms with van der Waals surface area (Å²) in [4.78, 5) is 12.3. The zero-order valence-electron chi connectivity index (χ0n) is 9.09. The number of carbonyl (C=O) groups excluding carboxylic acids is 1. The molecule has 0 saturated carbocycles. The molecule has 1 aromatic heterocycles. The van der Waals surface area contributed by atoms with Crippen LogP contribution in [-0.2, 0) is 11.3 Å². The van der Waals surface area contributed by atoms with E-state index in [1.54, 1.807) is 19.2 Å². The summed E-state index contributed by atoms with van der Waals surface area (Å²) in [6, 6.07) is 7.20. The first-order valence-electron chi connectivity index (χ1n) is 4.94. The van der Waals surface area contributed by atoms with E-state index in [9.17, 15) is 4.79 Å². The number of aromatic nitrogens is 4. The van der Waals surface area contributed by atoms with Crippen LogP contribution in [0.3, 0.4) is 0 Å². The summed E-state index contributed by atoms with van der Waals surface area (Å²) < 4.78 is 0. The zero-order chi connectivity index (χ0) is 12.3. The molecule has 0 aliphatic carbocycles. The lowest BCUT2D eigenvalue weighted by molar-refractivity contribution is -0.121. The van der Waals surface area contributed by atoms with E-state index in [1.165, 1.54) is 4.80 Å². The molecule has 6 nitrogen and oxygen atoms in total. The average molecular weight is 252 g/mol. The van der Waals surface area contributed by atoms with Crippen molar-refractivity contribution in [2.45, 2.75) is 6.54 Å². The molecule has 0 saturated heterocycles. The molecule has 1 amide bonds. The number of likely N-dealkylation sites (N-methyl/N-ethyl adjacent to an activating group) is 1. The standard InChI is InChI=1S/C10H10ClN5O/c1-12-9(17)6-16-14-10(13-15-16)7-4-2-3-5-8(7)11/h2-5H,6H2,1H3,(H,12,17). The Morgan fingerprint density at radius 3 is 2.94 bits per heavy atom. The highest BCUT2D eigenvalue weighted by molar-refractivity contribution is 6.33. The van der Waals surface area contributed by atoms with Crippen molar-refractivity contribution in [1.82, 2.24) is 25.5 Å². The number of hydrogen-bond acceptors (Lipinski definition) is 4. The van der Waals surface area contributed by atoms with Crippen LogP contribution in [0.4, 0.5) is 0 Å². The number of halogens is 1. The third kappa shape index (κ3) is 2.59. The lowest BCUT2D eigenvalue weighted by Gasteiger charge is -1.97. The first kappa shape index (κ1) is 11.5. The number of tetrazole rings is 1. The van der Waals surface area contributed by atoms with Crippen molar-refractivity contribution in [3.63, 3.8) is 0 Å². The number of nitrogens with zero attached hydrogens (tertiary/aromatic N) is 4. The lowest BCUT2D eigenvalue weighted by Crippen LogP contribution is -2.24. The molecule has 1 aromatic carbocycles. The summed E-state index contributed by atoms with van der Waals surface area (Å²) in [7, 11) is 1.55. The van der Waals surface area contributed by atoms with Crippen molar-refractivity contribution in [3.05, 3.63) is 29.3 Å². The Labute approximate surface area is 103 Å². The molecule has 0 fully saturated rings. The number of nitrogens with one attached hydrogen (secondary N) is 1. The van der Waals surface area contributed by atoms with Crippen LogP contribution in [0.1, 0.15) is 0 Å². The zero-order valence-corrected chi connectivity index (χ0v) is 9.85. The van der Waals surface area contributed by atoms with Crippen LogP contribution in [0.2, 0.25) is 5.02 Å². The maximum atomic E-state index is 11.1. The van der Waals surface area contributed by atoms with Crippen molar-refractivity contribution in [1.29, 1.82) is 0 Å². The first-order valence-corrected chi connectivity index (χ1v) is 5.32. The van der Waals surface area contributed by atoms with Gasteiger partial charge in [-0.15, -0.1) is 10.2 Å². The topological polar surface area (TPSA) is 72.7 Å². The fourth-order valence-electron chi connectivity index (χ4n) is 1.27. The van der Waals surface area contributed by atoms with Gasteiger partial charge >= 0.3 is 0 Å². The van der Waals surface area contributed by atoms with Gasteiger partial charge in [0.2, 0.25) is 11.7 Å². The van der Waals surface area contributed by atoms with Gasteiger partial charge in [-0.3, -0.25) is 4.79 Å². The molecule has 0 bridgehead atoms. The fraction of sp³-hybridized carbons (Fsp3) is 0.200. The Balaban J connectivity index is 2.24. The predicted octanol–water partition coefficient (Wildman–Crippen LogP) is 0.739. The molecule has 2 rings (SSSR count).